The minimum Gasteiger partial charge on any atom is -0.316 e. The van der Waals surface area contributed by atoms with E-state index in [0.717, 1.165) is 19.5 Å². The van der Waals surface area contributed by atoms with Gasteiger partial charge in [-0.15, -0.1) is 0 Å². The molecule has 1 aliphatic rings. The monoisotopic (exact) mass is 143 g/mol. The van der Waals surface area contributed by atoms with E-state index in [1.165, 1.54) is 0 Å². The number of rotatable bonds is 2. The second-order valence-electron chi connectivity index (χ2n) is 2.43. The highest BCUT2D eigenvalue weighted by molar-refractivity contribution is 5.75. The van der Waals surface area contributed by atoms with Crippen LogP contribution in [0.5, 0.6) is 0 Å². The molecule has 2 nitrogen and oxygen atoms in total. The van der Waals surface area contributed by atoms with Crippen LogP contribution < -0.4 is 5.32 Å². The summed E-state index contributed by atoms with van der Waals surface area (Å²) >= 11 is 0. The Kier molecular flexibility index (Phi) is 5.22. The van der Waals surface area contributed by atoms with Crippen LogP contribution in [0.25, 0.3) is 0 Å². The Bertz CT molecular complexity index is 97.4. The van der Waals surface area contributed by atoms with Crippen molar-refractivity contribution in [3.8, 4) is 0 Å². The molecule has 1 N–H and O–H groups in total. The zero-order valence-electron chi connectivity index (χ0n) is 7.11. The molecule has 0 spiro atoms. The van der Waals surface area contributed by atoms with Gasteiger partial charge in [0.25, 0.3) is 0 Å². The molecular formula is C8H17NO. The normalized spacial score (nSPS) is 16.7. The fraction of sp³-hybridized carbons (Fsp3) is 0.875. The van der Waals surface area contributed by atoms with Gasteiger partial charge in [0.15, 0.2) is 0 Å². The molecule has 1 aliphatic heterocycles. The molecule has 1 saturated heterocycles. The fourth-order valence-corrected chi connectivity index (χ4v) is 0.899. The van der Waals surface area contributed by atoms with Crippen molar-refractivity contribution in [3.63, 3.8) is 0 Å². The minimum atomic E-state index is 0.316. The van der Waals surface area contributed by atoms with Gasteiger partial charge in [-0.2, -0.15) is 0 Å². The lowest BCUT2D eigenvalue weighted by atomic mass is 9.98. The first-order valence-electron chi connectivity index (χ1n) is 3.99. The first-order valence-corrected chi connectivity index (χ1v) is 3.99. The summed E-state index contributed by atoms with van der Waals surface area (Å²) in [7, 11) is 0. The fourth-order valence-electron chi connectivity index (χ4n) is 0.899. The molecule has 1 fully saturated rings. The van der Waals surface area contributed by atoms with Gasteiger partial charge >= 0.3 is 0 Å². The highest BCUT2D eigenvalue weighted by atomic mass is 16.1. The third kappa shape index (κ3) is 3.62. The highest BCUT2D eigenvalue weighted by Gasteiger charge is 2.17. The zero-order chi connectivity index (χ0) is 7.98. The average molecular weight is 143 g/mol. The van der Waals surface area contributed by atoms with Crippen molar-refractivity contribution in [1.29, 1.82) is 0 Å². The molecule has 0 bridgehead atoms. The smallest absolute Gasteiger partial charge is 0.130 e. The van der Waals surface area contributed by atoms with E-state index in [2.05, 4.69) is 5.32 Å². The number of carbonyl (C=O) groups is 1. The lowest BCUT2D eigenvalue weighted by Crippen LogP contribution is -2.42. The van der Waals surface area contributed by atoms with Crippen molar-refractivity contribution in [2.75, 3.05) is 13.1 Å². The van der Waals surface area contributed by atoms with Crippen molar-refractivity contribution in [1.82, 2.24) is 5.32 Å². The van der Waals surface area contributed by atoms with Gasteiger partial charge in [-0.3, -0.25) is 0 Å². The van der Waals surface area contributed by atoms with Crippen LogP contribution in [0.3, 0.4) is 0 Å². The summed E-state index contributed by atoms with van der Waals surface area (Å²) in [5, 5.41) is 3.11. The van der Waals surface area contributed by atoms with E-state index in [0.29, 0.717) is 11.7 Å². The van der Waals surface area contributed by atoms with Gasteiger partial charge in [0.1, 0.15) is 5.78 Å². The van der Waals surface area contributed by atoms with Crippen LogP contribution in [0, 0.1) is 5.92 Å². The van der Waals surface area contributed by atoms with E-state index in [1.54, 1.807) is 6.92 Å². The molecule has 0 saturated carbocycles. The molecule has 0 unspecified atom stereocenters. The number of carbonyl (C=O) groups excluding carboxylic acids is 1. The molecule has 1 rings (SSSR count). The lowest BCUT2D eigenvalue weighted by molar-refractivity contribution is -0.118. The molecule has 10 heavy (non-hydrogen) atoms. The predicted molar refractivity (Wildman–Crippen MR) is 43.0 cm³/mol. The van der Waals surface area contributed by atoms with Crippen LogP contribution >= 0.6 is 0 Å². The van der Waals surface area contributed by atoms with Gasteiger partial charge in [-0.05, 0) is 25.9 Å². The summed E-state index contributed by atoms with van der Waals surface area (Å²) in [5.41, 5.74) is 0. The number of ketones is 1. The van der Waals surface area contributed by atoms with Crippen molar-refractivity contribution in [2.24, 2.45) is 5.92 Å². The number of hydrogen-bond donors (Lipinski definition) is 1. The van der Waals surface area contributed by atoms with Crippen LogP contribution in [0.1, 0.15) is 27.2 Å². The summed E-state index contributed by atoms with van der Waals surface area (Å²) in [6.07, 6.45) is 0.771. The van der Waals surface area contributed by atoms with Crippen LogP contribution in [0.2, 0.25) is 0 Å². The molecular weight excluding hydrogens is 126 g/mol. The Labute approximate surface area is 63.0 Å². The Hall–Kier alpha value is -0.370. The van der Waals surface area contributed by atoms with Gasteiger partial charge in [-0.25, -0.2) is 0 Å². The molecule has 0 aromatic rings. The molecule has 2 heteroatoms. The third-order valence-corrected chi connectivity index (χ3v) is 1.44. The number of hydrogen-bond acceptors (Lipinski definition) is 2. The Morgan fingerprint density at radius 1 is 1.50 bits per heavy atom. The molecule has 0 atom stereocenters. The first-order chi connectivity index (χ1) is 4.79. The van der Waals surface area contributed by atoms with Crippen LogP contribution in [0.15, 0.2) is 0 Å². The summed E-state index contributed by atoms with van der Waals surface area (Å²) in [6.45, 7) is 7.73. The summed E-state index contributed by atoms with van der Waals surface area (Å²) < 4.78 is 0. The molecule has 0 aromatic heterocycles. The van der Waals surface area contributed by atoms with Crippen LogP contribution in [-0.4, -0.2) is 18.9 Å². The molecule has 0 aromatic carbocycles. The zero-order valence-corrected chi connectivity index (χ0v) is 7.11. The van der Waals surface area contributed by atoms with Gasteiger partial charge in [0, 0.05) is 6.42 Å². The molecule has 0 radical (unpaired) electrons. The van der Waals surface area contributed by atoms with Crippen molar-refractivity contribution < 1.29 is 4.79 Å². The van der Waals surface area contributed by atoms with E-state index < -0.39 is 0 Å². The standard InChI is InChI=1S/C6H11NO.C2H6/c1-5(8)2-6-3-7-4-6;1-2/h6-7H,2-4H2,1H3;1-2H3. The second kappa shape index (κ2) is 5.42. The van der Waals surface area contributed by atoms with Crippen LogP contribution in [0.4, 0.5) is 0 Å². The van der Waals surface area contributed by atoms with Gasteiger partial charge in [0.05, 0.1) is 0 Å². The van der Waals surface area contributed by atoms with E-state index in [-0.39, 0.29) is 0 Å². The Balaban J connectivity index is 0.000000371. The summed E-state index contributed by atoms with van der Waals surface area (Å²) in [6, 6.07) is 0. The summed E-state index contributed by atoms with van der Waals surface area (Å²) in [5.74, 6) is 0.962. The summed E-state index contributed by atoms with van der Waals surface area (Å²) in [4.78, 5) is 10.4. The Morgan fingerprint density at radius 3 is 2.10 bits per heavy atom. The molecule has 1 heterocycles. The van der Waals surface area contributed by atoms with Crippen molar-refractivity contribution in [2.45, 2.75) is 27.2 Å². The van der Waals surface area contributed by atoms with Gasteiger partial charge < -0.3 is 10.1 Å². The van der Waals surface area contributed by atoms with Gasteiger partial charge in [-0.1, -0.05) is 13.8 Å². The quantitative estimate of drug-likeness (QED) is 0.629. The van der Waals surface area contributed by atoms with E-state index in [9.17, 15) is 4.79 Å². The topological polar surface area (TPSA) is 29.1 Å². The van der Waals surface area contributed by atoms with Gasteiger partial charge in [0.2, 0.25) is 0 Å². The van der Waals surface area contributed by atoms with E-state index >= 15 is 0 Å². The molecule has 0 aliphatic carbocycles. The van der Waals surface area contributed by atoms with Crippen LogP contribution in [-0.2, 0) is 4.79 Å². The second-order valence-corrected chi connectivity index (χ2v) is 2.43. The number of Topliss-reactive ketones (excluding diaryl/α,β-unsaturated/α-hetero) is 1. The maximum Gasteiger partial charge on any atom is 0.130 e. The molecule has 60 valence electrons. The maximum absolute atomic E-state index is 10.4. The first kappa shape index (κ1) is 9.63. The number of nitrogens with one attached hydrogen (secondary N) is 1. The van der Waals surface area contributed by atoms with E-state index in [4.69, 9.17) is 0 Å². The minimum absolute atomic E-state index is 0.316. The Morgan fingerprint density at radius 2 is 2.00 bits per heavy atom. The SMILES string of the molecule is CC.CC(=O)CC1CNC1. The van der Waals surface area contributed by atoms with Crippen molar-refractivity contribution in [3.05, 3.63) is 0 Å². The maximum atomic E-state index is 10.4. The third-order valence-electron chi connectivity index (χ3n) is 1.44. The predicted octanol–water partition coefficient (Wildman–Crippen LogP) is 1.21. The molecule has 0 amide bonds. The average Bonchev–Trinajstić information content (AvgIpc) is 1.84. The lowest BCUT2D eigenvalue weighted by Gasteiger charge is -2.25. The highest BCUT2D eigenvalue weighted by Crippen LogP contribution is 2.07. The largest absolute Gasteiger partial charge is 0.316 e. The van der Waals surface area contributed by atoms with E-state index in [1.807, 2.05) is 13.8 Å². The van der Waals surface area contributed by atoms with Crippen molar-refractivity contribution >= 4 is 5.78 Å².